The van der Waals surface area contributed by atoms with Crippen LogP contribution in [0.3, 0.4) is 0 Å². The third-order valence-corrected chi connectivity index (χ3v) is 7.89. The van der Waals surface area contributed by atoms with E-state index in [-0.39, 0.29) is 25.1 Å². The first kappa shape index (κ1) is 35.8. The van der Waals surface area contributed by atoms with E-state index in [9.17, 15) is 28.8 Å². The van der Waals surface area contributed by atoms with Gasteiger partial charge in [-0.2, -0.15) is 0 Å². The highest BCUT2D eigenvalue weighted by Crippen LogP contribution is 2.29. The van der Waals surface area contributed by atoms with Crippen LogP contribution < -0.4 is 21.7 Å². The van der Waals surface area contributed by atoms with Gasteiger partial charge in [0.15, 0.2) is 0 Å². The van der Waals surface area contributed by atoms with E-state index < -0.39 is 70.3 Å². The van der Waals surface area contributed by atoms with E-state index in [1.807, 2.05) is 24.3 Å². The molecule has 2 aromatic rings. The average Bonchev–Trinajstić information content (AvgIpc) is 2.99. The smallest absolute Gasteiger partial charge is 0.287 e. The summed E-state index contributed by atoms with van der Waals surface area (Å²) < 4.78 is 0. The normalized spacial score (nSPS) is 16.7. The first-order valence-corrected chi connectivity index (χ1v) is 15.3. The second-order valence-corrected chi connectivity index (χ2v) is 13.7. The van der Waals surface area contributed by atoms with E-state index in [1.54, 1.807) is 48.5 Å². The molecule has 0 bridgehead atoms. The number of amides is 5. The lowest BCUT2D eigenvalue weighted by Gasteiger charge is -2.42. The van der Waals surface area contributed by atoms with Gasteiger partial charge in [0.05, 0.1) is 12.2 Å². The summed E-state index contributed by atoms with van der Waals surface area (Å²) in [6.45, 7) is 12.6. The van der Waals surface area contributed by atoms with Crippen LogP contribution in [0, 0.1) is 10.8 Å². The van der Waals surface area contributed by atoms with Gasteiger partial charge >= 0.3 is 0 Å². The molecule has 0 spiro atoms. The van der Waals surface area contributed by atoms with Crippen LogP contribution in [0.5, 0.6) is 0 Å². The first-order valence-electron chi connectivity index (χ1n) is 15.3. The quantitative estimate of drug-likeness (QED) is 0.266. The molecule has 13 nitrogen and oxygen atoms in total. The van der Waals surface area contributed by atoms with Crippen molar-refractivity contribution in [3.63, 3.8) is 0 Å². The molecule has 248 valence electrons. The van der Waals surface area contributed by atoms with Crippen molar-refractivity contribution in [1.29, 1.82) is 0 Å². The summed E-state index contributed by atoms with van der Waals surface area (Å²) in [7, 11) is 0. The molecular weight excluding hydrogens is 590 g/mol. The second-order valence-electron chi connectivity index (χ2n) is 13.7. The SMILES string of the molecule is CCC[C@H](NC(=O)C1Cc2ccccc2CN1C(=O)C(NC(=O)[C@@H](NC(=O)c1cnccn1)C(C)(C)C)C(C)(C)C)C(=O)C(N)=O. The molecule has 0 fully saturated rings. The highest BCUT2D eigenvalue weighted by Gasteiger charge is 2.44. The molecule has 1 aliphatic heterocycles. The Labute approximate surface area is 269 Å². The number of ketones is 1. The third-order valence-electron chi connectivity index (χ3n) is 7.89. The topological polar surface area (TPSA) is 194 Å². The van der Waals surface area contributed by atoms with E-state index in [1.165, 1.54) is 23.5 Å². The number of carbonyl (C=O) groups excluding carboxylic acids is 6. The number of hydrogen-bond donors (Lipinski definition) is 4. The van der Waals surface area contributed by atoms with Gasteiger partial charge < -0.3 is 26.6 Å². The average molecular weight is 636 g/mol. The Bertz CT molecular complexity index is 1460. The highest BCUT2D eigenvalue weighted by atomic mass is 16.2. The molecule has 0 saturated heterocycles. The summed E-state index contributed by atoms with van der Waals surface area (Å²) in [5, 5.41) is 8.25. The number of aromatic nitrogens is 2. The Morgan fingerprint density at radius 3 is 2.09 bits per heavy atom. The van der Waals surface area contributed by atoms with E-state index in [0.29, 0.717) is 6.42 Å². The van der Waals surface area contributed by atoms with Crippen LogP contribution in [0.25, 0.3) is 0 Å². The van der Waals surface area contributed by atoms with Crippen molar-refractivity contribution in [2.24, 2.45) is 16.6 Å². The molecule has 5 amide bonds. The van der Waals surface area contributed by atoms with Gasteiger partial charge in [-0.05, 0) is 28.4 Å². The van der Waals surface area contributed by atoms with Crippen molar-refractivity contribution in [3.05, 3.63) is 59.7 Å². The molecule has 3 rings (SSSR count). The fraction of sp³-hybridized carbons (Fsp3) is 0.515. The van der Waals surface area contributed by atoms with Crippen molar-refractivity contribution < 1.29 is 28.8 Å². The van der Waals surface area contributed by atoms with Crippen LogP contribution in [-0.4, -0.2) is 74.4 Å². The Balaban J connectivity index is 1.95. The van der Waals surface area contributed by atoms with E-state index in [0.717, 1.165) is 11.1 Å². The van der Waals surface area contributed by atoms with Crippen molar-refractivity contribution >= 4 is 35.3 Å². The highest BCUT2D eigenvalue weighted by molar-refractivity contribution is 6.37. The number of benzene rings is 1. The summed E-state index contributed by atoms with van der Waals surface area (Å²) in [4.78, 5) is 88.5. The largest absolute Gasteiger partial charge is 0.363 e. The molecule has 4 atom stereocenters. The van der Waals surface area contributed by atoms with Crippen LogP contribution in [0.1, 0.15) is 82.9 Å². The minimum Gasteiger partial charge on any atom is -0.363 e. The lowest BCUT2D eigenvalue weighted by atomic mass is 9.82. The van der Waals surface area contributed by atoms with Crippen molar-refractivity contribution in [2.75, 3.05) is 0 Å². The maximum Gasteiger partial charge on any atom is 0.287 e. The molecule has 46 heavy (non-hydrogen) atoms. The lowest BCUT2D eigenvalue weighted by Crippen LogP contribution is -2.64. The van der Waals surface area contributed by atoms with E-state index in [2.05, 4.69) is 25.9 Å². The molecule has 13 heteroatoms. The molecule has 1 aromatic carbocycles. The Morgan fingerprint density at radius 1 is 0.913 bits per heavy atom. The lowest BCUT2D eigenvalue weighted by molar-refractivity contribution is -0.148. The fourth-order valence-electron chi connectivity index (χ4n) is 5.32. The molecule has 5 N–H and O–H groups in total. The van der Waals surface area contributed by atoms with E-state index >= 15 is 0 Å². The number of nitrogens with one attached hydrogen (secondary N) is 3. The zero-order valence-electron chi connectivity index (χ0n) is 27.5. The number of primary amides is 1. The van der Waals surface area contributed by atoms with Crippen molar-refractivity contribution in [3.8, 4) is 0 Å². The van der Waals surface area contributed by atoms with Gasteiger partial charge in [-0.1, -0.05) is 79.2 Å². The Kier molecular flexibility index (Phi) is 11.4. The van der Waals surface area contributed by atoms with Gasteiger partial charge in [0.25, 0.3) is 11.8 Å². The van der Waals surface area contributed by atoms with E-state index in [4.69, 9.17) is 5.73 Å². The zero-order valence-corrected chi connectivity index (χ0v) is 27.5. The van der Waals surface area contributed by atoms with Crippen LogP contribution in [0.2, 0.25) is 0 Å². The Morgan fingerprint density at radius 2 is 1.54 bits per heavy atom. The number of nitrogens with zero attached hydrogens (tertiary/aromatic N) is 3. The van der Waals surface area contributed by atoms with Gasteiger partial charge in [0, 0.05) is 25.4 Å². The van der Waals surface area contributed by atoms with Gasteiger partial charge in [0.1, 0.15) is 23.8 Å². The van der Waals surface area contributed by atoms with Gasteiger partial charge in [0.2, 0.25) is 23.5 Å². The summed E-state index contributed by atoms with van der Waals surface area (Å²) >= 11 is 0. The zero-order chi connectivity index (χ0) is 34.4. The molecule has 1 aromatic heterocycles. The molecule has 2 heterocycles. The van der Waals surface area contributed by atoms with Crippen LogP contribution in [0.15, 0.2) is 42.9 Å². The molecule has 2 unspecified atom stereocenters. The third kappa shape index (κ3) is 8.73. The maximum absolute atomic E-state index is 14.5. The van der Waals surface area contributed by atoms with Gasteiger partial charge in [-0.3, -0.25) is 33.8 Å². The number of nitrogens with two attached hydrogens (primary N) is 1. The van der Waals surface area contributed by atoms with Crippen molar-refractivity contribution in [1.82, 2.24) is 30.8 Å². The minimum absolute atomic E-state index is 0.0324. The van der Waals surface area contributed by atoms with Gasteiger partial charge in [-0.15, -0.1) is 0 Å². The second kappa shape index (κ2) is 14.6. The Hall–Kier alpha value is -4.68. The summed E-state index contributed by atoms with van der Waals surface area (Å²) in [5.74, 6) is -4.39. The monoisotopic (exact) mass is 635 g/mol. The molecule has 0 saturated carbocycles. The first-order chi connectivity index (χ1) is 21.4. The van der Waals surface area contributed by atoms with Crippen LogP contribution in [-0.2, 0) is 36.9 Å². The summed E-state index contributed by atoms with van der Waals surface area (Å²) in [6, 6.07) is 3.05. The number of Topliss-reactive ketones (excluding diaryl/α,β-unsaturated/α-hetero) is 1. The molecule has 0 aliphatic carbocycles. The van der Waals surface area contributed by atoms with Gasteiger partial charge in [-0.25, -0.2) is 4.98 Å². The standard InChI is InChI=1S/C33H45N7O6/c1-8-11-21(24(41)27(34)42)37-29(44)23-16-19-12-9-10-13-20(19)18-40(23)31(46)26(33(5,6)7)39-30(45)25(32(2,3)4)38-28(43)22-17-35-14-15-36-22/h9-10,12-15,17,21,23,25-26H,8,11,16,18H2,1-7H3,(H2,34,42)(H,37,44)(H,38,43)(H,39,45)/t21-,23?,25+,26?/m0/s1. The maximum atomic E-state index is 14.5. The molecule has 0 radical (unpaired) electrons. The predicted octanol–water partition coefficient (Wildman–Crippen LogP) is 1.44. The minimum atomic E-state index is -1.16. The van der Waals surface area contributed by atoms with Crippen molar-refractivity contribution in [2.45, 2.75) is 98.4 Å². The fourth-order valence-corrected chi connectivity index (χ4v) is 5.32. The number of rotatable bonds is 11. The molecule has 1 aliphatic rings. The predicted molar refractivity (Wildman–Crippen MR) is 170 cm³/mol. The number of hydrogen-bond acceptors (Lipinski definition) is 8. The summed E-state index contributed by atoms with van der Waals surface area (Å²) in [6.07, 6.45) is 4.93. The number of fused-ring (bicyclic) bond motifs is 1. The number of carbonyl (C=O) groups is 6. The summed E-state index contributed by atoms with van der Waals surface area (Å²) in [5.41, 5.74) is 5.37. The molecular formula is C33H45N7O6. The van der Waals surface area contributed by atoms with Crippen LogP contribution in [0.4, 0.5) is 0 Å². The van der Waals surface area contributed by atoms with Crippen LogP contribution >= 0.6 is 0 Å².